The summed E-state index contributed by atoms with van der Waals surface area (Å²) in [6, 6.07) is 0.608. The van der Waals surface area contributed by atoms with E-state index in [1.165, 1.54) is 19.4 Å². The zero-order valence-corrected chi connectivity index (χ0v) is 13.5. The van der Waals surface area contributed by atoms with E-state index in [4.69, 9.17) is 9.47 Å². The lowest BCUT2D eigenvalue weighted by molar-refractivity contribution is -0.103. The van der Waals surface area contributed by atoms with E-state index in [9.17, 15) is 0 Å². The first-order valence-electron chi connectivity index (χ1n) is 8.34. The fraction of sp³-hybridized carbons (Fsp3) is 1.00. The molecule has 2 fully saturated rings. The van der Waals surface area contributed by atoms with E-state index in [2.05, 4.69) is 31.1 Å². The smallest absolute Gasteiger partial charge is 0.0939 e. The summed E-state index contributed by atoms with van der Waals surface area (Å²) in [5.41, 5.74) is 0.0349. The average molecular weight is 284 g/mol. The van der Waals surface area contributed by atoms with E-state index in [0.29, 0.717) is 6.04 Å². The van der Waals surface area contributed by atoms with Crippen molar-refractivity contribution in [2.45, 2.75) is 51.2 Å². The highest BCUT2D eigenvalue weighted by Crippen LogP contribution is 2.37. The summed E-state index contributed by atoms with van der Waals surface area (Å²) in [4.78, 5) is 2.51. The molecule has 2 rings (SSSR count). The third-order valence-corrected chi connectivity index (χ3v) is 5.19. The van der Waals surface area contributed by atoms with E-state index in [1.807, 2.05) is 0 Å². The zero-order valence-electron chi connectivity index (χ0n) is 13.5. The molecule has 3 atom stereocenters. The molecule has 20 heavy (non-hydrogen) atoms. The molecule has 0 saturated carbocycles. The summed E-state index contributed by atoms with van der Waals surface area (Å²) in [7, 11) is 2.11. The number of nitrogens with zero attached hydrogens (tertiary/aromatic N) is 1. The van der Waals surface area contributed by atoms with Crippen LogP contribution in [0.4, 0.5) is 0 Å². The molecule has 1 spiro atoms. The van der Waals surface area contributed by atoms with E-state index in [1.54, 1.807) is 0 Å². The monoisotopic (exact) mass is 284 g/mol. The average Bonchev–Trinajstić information content (AvgIpc) is 2.92. The topological polar surface area (TPSA) is 33.7 Å². The fourth-order valence-corrected chi connectivity index (χ4v) is 3.75. The summed E-state index contributed by atoms with van der Waals surface area (Å²) < 4.78 is 11.6. The fourth-order valence-electron chi connectivity index (χ4n) is 3.75. The van der Waals surface area contributed by atoms with Crippen molar-refractivity contribution in [3.8, 4) is 0 Å². The first kappa shape index (κ1) is 16.2. The van der Waals surface area contributed by atoms with Crippen LogP contribution in [0.1, 0.15) is 39.5 Å². The molecule has 118 valence electrons. The Balaban J connectivity index is 1.86. The van der Waals surface area contributed by atoms with E-state index in [-0.39, 0.29) is 5.60 Å². The first-order valence-corrected chi connectivity index (χ1v) is 8.34. The van der Waals surface area contributed by atoms with Crippen LogP contribution >= 0.6 is 0 Å². The molecule has 0 aliphatic carbocycles. The summed E-state index contributed by atoms with van der Waals surface area (Å²) in [5, 5.41) is 3.56. The molecular weight excluding hydrogens is 252 g/mol. The van der Waals surface area contributed by atoms with Gasteiger partial charge in [-0.1, -0.05) is 13.8 Å². The highest BCUT2D eigenvalue weighted by molar-refractivity contribution is 4.93. The van der Waals surface area contributed by atoms with Crippen molar-refractivity contribution in [1.29, 1.82) is 0 Å². The van der Waals surface area contributed by atoms with Crippen LogP contribution in [0.5, 0.6) is 0 Å². The third kappa shape index (κ3) is 3.94. The molecular formula is C16H32N2O2. The minimum Gasteiger partial charge on any atom is -0.378 e. The molecule has 0 bridgehead atoms. The van der Waals surface area contributed by atoms with Crippen molar-refractivity contribution in [1.82, 2.24) is 10.2 Å². The third-order valence-electron chi connectivity index (χ3n) is 5.19. The Morgan fingerprint density at radius 1 is 1.30 bits per heavy atom. The Morgan fingerprint density at radius 2 is 2.10 bits per heavy atom. The lowest BCUT2D eigenvalue weighted by Gasteiger charge is -2.40. The maximum Gasteiger partial charge on any atom is 0.0939 e. The van der Waals surface area contributed by atoms with Gasteiger partial charge in [0.05, 0.1) is 12.2 Å². The summed E-state index contributed by atoms with van der Waals surface area (Å²) in [6.45, 7) is 10.6. The highest BCUT2D eigenvalue weighted by atomic mass is 16.6. The van der Waals surface area contributed by atoms with Crippen molar-refractivity contribution >= 4 is 0 Å². The second-order valence-corrected chi connectivity index (χ2v) is 6.30. The Kier molecular flexibility index (Phi) is 6.27. The van der Waals surface area contributed by atoms with Crippen molar-refractivity contribution in [3.05, 3.63) is 0 Å². The van der Waals surface area contributed by atoms with Crippen LogP contribution in [0.15, 0.2) is 0 Å². The van der Waals surface area contributed by atoms with Gasteiger partial charge < -0.3 is 19.7 Å². The van der Waals surface area contributed by atoms with Gasteiger partial charge in [-0.2, -0.15) is 0 Å². The van der Waals surface area contributed by atoms with Crippen molar-refractivity contribution in [3.63, 3.8) is 0 Å². The second-order valence-electron chi connectivity index (χ2n) is 6.30. The zero-order chi connectivity index (χ0) is 14.4. The summed E-state index contributed by atoms with van der Waals surface area (Å²) in [5.74, 6) is 0.728. The lowest BCUT2D eigenvalue weighted by Crippen LogP contribution is -2.47. The second kappa shape index (κ2) is 7.74. The van der Waals surface area contributed by atoms with Gasteiger partial charge in [0.1, 0.15) is 0 Å². The Morgan fingerprint density at radius 3 is 2.70 bits per heavy atom. The number of rotatable bonds is 7. The van der Waals surface area contributed by atoms with Crippen molar-refractivity contribution in [2.24, 2.45) is 5.92 Å². The van der Waals surface area contributed by atoms with Crippen molar-refractivity contribution in [2.75, 3.05) is 46.5 Å². The maximum absolute atomic E-state index is 6.06. The van der Waals surface area contributed by atoms with Crippen LogP contribution in [0.25, 0.3) is 0 Å². The normalized spacial score (nSPS) is 32.1. The summed E-state index contributed by atoms with van der Waals surface area (Å²) in [6.07, 6.45) is 4.66. The van der Waals surface area contributed by atoms with Gasteiger partial charge in [0.2, 0.25) is 0 Å². The van der Waals surface area contributed by atoms with E-state index in [0.717, 1.165) is 51.7 Å². The number of ether oxygens (including phenoxy) is 2. The molecule has 2 saturated heterocycles. The molecule has 2 heterocycles. The van der Waals surface area contributed by atoms with Crippen LogP contribution in [-0.2, 0) is 9.47 Å². The highest BCUT2D eigenvalue weighted by Gasteiger charge is 2.42. The van der Waals surface area contributed by atoms with Gasteiger partial charge in [-0.3, -0.25) is 0 Å². The molecule has 0 radical (unpaired) electrons. The molecule has 4 nitrogen and oxygen atoms in total. The molecule has 4 heteroatoms. The Bertz CT molecular complexity index is 276. The number of nitrogens with one attached hydrogen (secondary N) is 1. The van der Waals surface area contributed by atoms with Gasteiger partial charge in [-0.15, -0.1) is 0 Å². The van der Waals surface area contributed by atoms with Gasteiger partial charge >= 0.3 is 0 Å². The number of hydrogen-bond acceptors (Lipinski definition) is 4. The van der Waals surface area contributed by atoms with E-state index >= 15 is 0 Å². The predicted octanol–water partition coefficient (Wildman–Crippen LogP) is 1.89. The van der Waals surface area contributed by atoms with Crippen LogP contribution in [0.2, 0.25) is 0 Å². The standard InChI is InChI=1S/C16H32N2O2/c1-4-18(5-2)9-6-15(17-3)14-7-10-20-16(12-14)8-11-19-13-16/h14-15,17H,4-13H2,1-3H3. The largest absolute Gasteiger partial charge is 0.378 e. The van der Waals surface area contributed by atoms with Gasteiger partial charge in [0.15, 0.2) is 0 Å². The Labute approximate surface area is 124 Å². The molecule has 3 unspecified atom stereocenters. The molecule has 2 aliphatic heterocycles. The van der Waals surface area contributed by atoms with Crippen LogP contribution in [0, 0.1) is 5.92 Å². The van der Waals surface area contributed by atoms with Gasteiger partial charge in [-0.25, -0.2) is 0 Å². The van der Waals surface area contributed by atoms with Gasteiger partial charge in [0, 0.05) is 25.7 Å². The van der Waals surface area contributed by atoms with Crippen molar-refractivity contribution < 1.29 is 9.47 Å². The lowest BCUT2D eigenvalue weighted by atomic mass is 9.80. The molecule has 0 aromatic carbocycles. The molecule has 0 aromatic rings. The van der Waals surface area contributed by atoms with Crippen LogP contribution < -0.4 is 5.32 Å². The van der Waals surface area contributed by atoms with Crippen LogP contribution in [-0.4, -0.2) is 63.0 Å². The minimum absolute atomic E-state index is 0.0349. The molecule has 0 amide bonds. The number of hydrogen-bond donors (Lipinski definition) is 1. The predicted molar refractivity (Wildman–Crippen MR) is 82.1 cm³/mol. The first-order chi connectivity index (χ1) is 9.73. The Hall–Kier alpha value is -0.160. The molecule has 2 aliphatic rings. The maximum atomic E-state index is 6.06. The minimum atomic E-state index is 0.0349. The van der Waals surface area contributed by atoms with E-state index < -0.39 is 0 Å². The SMILES string of the molecule is CCN(CC)CCC(NC)C1CCOC2(CCOC2)C1. The van der Waals surface area contributed by atoms with Crippen LogP contribution in [0.3, 0.4) is 0 Å². The van der Waals surface area contributed by atoms with Gasteiger partial charge in [0.25, 0.3) is 0 Å². The molecule has 1 N–H and O–H groups in total. The quantitative estimate of drug-likeness (QED) is 0.774. The molecule has 0 aromatic heterocycles. The summed E-state index contributed by atoms with van der Waals surface area (Å²) >= 11 is 0. The van der Waals surface area contributed by atoms with Gasteiger partial charge in [-0.05, 0) is 51.9 Å².